The van der Waals surface area contributed by atoms with Crippen LogP contribution < -0.4 is 0 Å². The van der Waals surface area contributed by atoms with Crippen molar-refractivity contribution in [2.45, 2.75) is 47.0 Å². The fraction of sp³-hybridized carbons (Fsp3) is 0.643. The number of hydrogen-bond acceptors (Lipinski definition) is 1. The molecule has 1 rings (SSSR count). The van der Waals surface area contributed by atoms with Gasteiger partial charge in [0.05, 0.1) is 0 Å². The highest BCUT2D eigenvalue weighted by molar-refractivity contribution is 6.08. The van der Waals surface area contributed by atoms with Gasteiger partial charge in [-0.3, -0.25) is 4.79 Å². The Kier molecular flexibility index (Phi) is 4.31. The zero-order chi connectivity index (χ0) is 11.4. The molecule has 0 aliphatic heterocycles. The summed E-state index contributed by atoms with van der Waals surface area (Å²) in [5.41, 5.74) is 2.06. The molecule has 0 aromatic rings. The minimum Gasteiger partial charge on any atom is -0.289 e. The predicted octanol–water partition coefficient (Wildman–Crippen LogP) is 3.90. The Hall–Kier alpha value is -0.850. The Morgan fingerprint density at radius 1 is 0.933 bits per heavy atom. The summed E-state index contributed by atoms with van der Waals surface area (Å²) < 4.78 is 0. The molecule has 0 amide bonds. The summed E-state index contributed by atoms with van der Waals surface area (Å²) in [6.45, 7) is 8.50. The summed E-state index contributed by atoms with van der Waals surface area (Å²) in [5.74, 6) is 1.24. The van der Waals surface area contributed by atoms with E-state index in [1.54, 1.807) is 0 Å². The first-order valence-corrected chi connectivity index (χ1v) is 5.96. The maximum Gasteiger partial charge on any atom is 0.184 e. The average Bonchev–Trinajstić information content (AvgIpc) is 2.10. The second-order valence-electron chi connectivity index (χ2n) is 5.05. The molecule has 0 spiro atoms. The molecule has 1 nitrogen and oxygen atoms in total. The summed E-state index contributed by atoms with van der Waals surface area (Å²) in [6.07, 6.45) is 7.30. The molecule has 0 atom stereocenters. The van der Waals surface area contributed by atoms with Crippen LogP contribution in [0.25, 0.3) is 0 Å². The Morgan fingerprint density at radius 2 is 1.33 bits per heavy atom. The van der Waals surface area contributed by atoms with Crippen LogP contribution in [-0.4, -0.2) is 5.78 Å². The minimum absolute atomic E-state index is 0.295. The normalized spacial score (nSPS) is 23.5. The van der Waals surface area contributed by atoms with Crippen LogP contribution in [0.2, 0.25) is 0 Å². The van der Waals surface area contributed by atoms with E-state index >= 15 is 0 Å². The van der Waals surface area contributed by atoms with E-state index in [-0.39, 0.29) is 0 Å². The van der Waals surface area contributed by atoms with Crippen LogP contribution in [0.1, 0.15) is 47.0 Å². The number of carbonyl (C=O) groups is 1. The molecule has 1 saturated carbocycles. The molecule has 0 heterocycles. The monoisotopic (exact) mass is 206 g/mol. The molecule has 1 fully saturated rings. The van der Waals surface area contributed by atoms with Crippen LogP contribution in [-0.2, 0) is 4.79 Å². The van der Waals surface area contributed by atoms with E-state index in [1.807, 2.05) is 0 Å². The summed E-state index contributed by atoms with van der Waals surface area (Å²) in [5, 5.41) is 0. The smallest absolute Gasteiger partial charge is 0.184 e. The van der Waals surface area contributed by atoms with Gasteiger partial charge < -0.3 is 0 Å². The maximum absolute atomic E-state index is 12.1. The van der Waals surface area contributed by atoms with Crippen molar-refractivity contribution < 1.29 is 4.79 Å². The summed E-state index contributed by atoms with van der Waals surface area (Å²) >= 11 is 0. The second kappa shape index (κ2) is 5.29. The third-order valence-corrected chi connectivity index (χ3v) is 2.54. The Balaban J connectivity index is 2.85. The van der Waals surface area contributed by atoms with Crippen LogP contribution in [0.3, 0.4) is 0 Å². The molecule has 84 valence electrons. The molecule has 0 N–H and O–H groups in total. The molecule has 0 radical (unpaired) electrons. The van der Waals surface area contributed by atoms with Crippen molar-refractivity contribution in [3.05, 3.63) is 23.3 Å². The lowest BCUT2D eigenvalue weighted by atomic mass is 9.86. The summed E-state index contributed by atoms with van der Waals surface area (Å²) in [6, 6.07) is 0. The summed E-state index contributed by atoms with van der Waals surface area (Å²) in [4.78, 5) is 12.1. The zero-order valence-corrected chi connectivity index (χ0v) is 10.3. The number of Topliss-reactive ketones (excluding diaryl/α,β-unsaturated/α-hetero) is 1. The predicted molar refractivity (Wildman–Crippen MR) is 64.7 cm³/mol. The van der Waals surface area contributed by atoms with E-state index in [0.29, 0.717) is 17.6 Å². The third-order valence-electron chi connectivity index (χ3n) is 2.54. The van der Waals surface area contributed by atoms with Gasteiger partial charge in [0.1, 0.15) is 0 Å². The van der Waals surface area contributed by atoms with Crippen LogP contribution in [0.15, 0.2) is 23.3 Å². The van der Waals surface area contributed by atoms with Gasteiger partial charge in [-0.15, -0.1) is 0 Å². The lowest BCUT2D eigenvalue weighted by Crippen LogP contribution is -2.14. The topological polar surface area (TPSA) is 17.1 Å². The van der Waals surface area contributed by atoms with Crippen LogP contribution in [0.4, 0.5) is 0 Å². The maximum atomic E-state index is 12.1. The van der Waals surface area contributed by atoms with Crippen LogP contribution >= 0.6 is 0 Å². The molecule has 1 aliphatic rings. The molecule has 1 aliphatic carbocycles. The molecule has 0 bridgehead atoms. The van der Waals surface area contributed by atoms with Crippen molar-refractivity contribution in [1.82, 2.24) is 0 Å². The lowest BCUT2D eigenvalue weighted by Gasteiger charge is -2.17. The highest BCUT2D eigenvalue weighted by Crippen LogP contribution is 2.26. The zero-order valence-electron chi connectivity index (χ0n) is 10.3. The van der Waals surface area contributed by atoms with Crippen LogP contribution in [0, 0.1) is 11.8 Å². The van der Waals surface area contributed by atoms with Gasteiger partial charge in [0.25, 0.3) is 0 Å². The third kappa shape index (κ3) is 3.65. The molecular weight excluding hydrogens is 184 g/mol. The SMILES string of the molecule is CC(C)/C=C1/CCC/C(=C\C(C)C)C1=O. The number of carbonyl (C=O) groups excluding carboxylic acids is 1. The van der Waals surface area contributed by atoms with Crippen molar-refractivity contribution >= 4 is 5.78 Å². The van der Waals surface area contributed by atoms with Gasteiger partial charge in [-0.1, -0.05) is 39.8 Å². The van der Waals surface area contributed by atoms with Gasteiger partial charge in [0, 0.05) is 0 Å². The average molecular weight is 206 g/mol. The van der Waals surface area contributed by atoms with Crippen molar-refractivity contribution in [2.75, 3.05) is 0 Å². The number of ketones is 1. The van der Waals surface area contributed by atoms with Gasteiger partial charge in [0.2, 0.25) is 0 Å². The van der Waals surface area contributed by atoms with Gasteiger partial charge >= 0.3 is 0 Å². The van der Waals surface area contributed by atoms with E-state index in [9.17, 15) is 4.79 Å². The second-order valence-corrected chi connectivity index (χ2v) is 5.05. The number of rotatable bonds is 2. The van der Waals surface area contributed by atoms with E-state index in [4.69, 9.17) is 0 Å². The largest absolute Gasteiger partial charge is 0.289 e. The molecule has 0 aromatic carbocycles. The van der Waals surface area contributed by atoms with Crippen molar-refractivity contribution in [1.29, 1.82) is 0 Å². The first kappa shape index (κ1) is 12.2. The van der Waals surface area contributed by atoms with Crippen molar-refractivity contribution in [3.8, 4) is 0 Å². The fourth-order valence-corrected chi connectivity index (χ4v) is 2.03. The van der Waals surface area contributed by atoms with Gasteiger partial charge in [-0.05, 0) is 42.2 Å². The Labute approximate surface area is 93.3 Å². The molecular formula is C14H22O. The molecule has 1 heteroatoms. The quantitative estimate of drug-likeness (QED) is 0.626. The van der Waals surface area contributed by atoms with Crippen molar-refractivity contribution in [3.63, 3.8) is 0 Å². The fourth-order valence-electron chi connectivity index (χ4n) is 2.03. The first-order chi connectivity index (χ1) is 7.00. The highest BCUT2D eigenvalue weighted by Gasteiger charge is 2.20. The molecule has 0 aromatic heterocycles. The highest BCUT2D eigenvalue weighted by atomic mass is 16.1. The number of hydrogen-bond donors (Lipinski definition) is 0. The van der Waals surface area contributed by atoms with Crippen LogP contribution in [0.5, 0.6) is 0 Å². The van der Waals surface area contributed by atoms with E-state index < -0.39 is 0 Å². The van der Waals surface area contributed by atoms with E-state index in [1.165, 1.54) is 0 Å². The van der Waals surface area contributed by atoms with E-state index in [2.05, 4.69) is 39.8 Å². The van der Waals surface area contributed by atoms with Gasteiger partial charge in [0.15, 0.2) is 5.78 Å². The minimum atomic E-state index is 0.295. The standard InChI is InChI=1S/C14H22O/c1-10(2)8-12-6-5-7-13(14(12)15)9-11(3)4/h8-11H,5-7H2,1-4H3/b12-8-,13-9+. The summed E-state index contributed by atoms with van der Waals surface area (Å²) in [7, 11) is 0. The first-order valence-electron chi connectivity index (χ1n) is 5.96. The van der Waals surface area contributed by atoms with Crippen molar-refractivity contribution in [2.24, 2.45) is 11.8 Å². The molecule has 15 heavy (non-hydrogen) atoms. The van der Waals surface area contributed by atoms with Gasteiger partial charge in [-0.2, -0.15) is 0 Å². The molecule has 0 unspecified atom stereocenters. The lowest BCUT2D eigenvalue weighted by molar-refractivity contribution is -0.113. The van der Waals surface area contributed by atoms with E-state index in [0.717, 1.165) is 30.4 Å². The number of allylic oxidation sites excluding steroid dienone is 4. The van der Waals surface area contributed by atoms with Gasteiger partial charge in [-0.25, -0.2) is 0 Å². The Bertz CT molecular complexity index is 264. The molecule has 0 saturated heterocycles. The Morgan fingerprint density at radius 3 is 1.67 bits per heavy atom.